The summed E-state index contributed by atoms with van der Waals surface area (Å²) in [5.41, 5.74) is -4.87. The van der Waals surface area contributed by atoms with Gasteiger partial charge in [0.05, 0.1) is 0 Å². The molecule has 1 aromatic carbocycles. The van der Waals surface area contributed by atoms with Crippen molar-refractivity contribution in [2.24, 2.45) is 0 Å². The highest BCUT2D eigenvalue weighted by molar-refractivity contribution is 5.40. The summed E-state index contributed by atoms with van der Waals surface area (Å²) >= 11 is 0. The van der Waals surface area contributed by atoms with Gasteiger partial charge in [-0.25, -0.2) is 0 Å². The summed E-state index contributed by atoms with van der Waals surface area (Å²) in [5, 5.41) is 9.23. The van der Waals surface area contributed by atoms with Crippen LogP contribution in [0.5, 0.6) is 5.75 Å². The molecule has 0 aliphatic heterocycles. The van der Waals surface area contributed by atoms with Gasteiger partial charge in [0.1, 0.15) is 5.75 Å². The highest BCUT2D eigenvalue weighted by Gasteiger charge is 2.70. The van der Waals surface area contributed by atoms with E-state index >= 15 is 0 Å². The van der Waals surface area contributed by atoms with E-state index in [4.69, 9.17) is 0 Å². The minimum atomic E-state index is -5.47. The third-order valence-corrected chi connectivity index (χ3v) is 3.19. The molecule has 0 radical (unpaired) electrons. The maximum absolute atomic E-state index is 13.0. The van der Waals surface area contributed by atoms with Crippen molar-refractivity contribution in [1.82, 2.24) is 0 Å². The first-order chi connectivity index (χ1) is 8.47. The Hall–Kier alpha value is -1.40. The lowest BCUT2D eigenvalue weighted by molar-refractivity contribution is -0.304. The van der Waals surface area contributed by atoms with Crippen LogP contribution in [0, 0.1) is 6.92 Å². The average molecular weight is 286 g/mol. The molecule has 1 nitrogen and oxygen atoms in total. The summed E-state index contributed by atoms with van der Waals surface area (Å²) in [5.74, 6) is -0.349. The van der Waals surface area contributed by atoms with Crippen molar-refractivity contribution >= 4 is 0 Å². The molecule has 0 aliphatic carbocycles. The number of phenols is 1. The number of rotatable bonds is 2. The average Bonchev–Trinajstić information content (AvgIpc) is 2.20. The van der Waals surface area contributed by atoms with Crippen molar-refractivity contribution in [3.63, 3.8) is 0 Å². The summed E-state index contributed by atoms with van der Waals surface area (Å²) in [6.07, 6.45) is -12.1. The molecule has 0 fully saturated rings. The lowest BCUT2D eigenvalue weighted by Crippen LogP contribution is -2.53. The third kappa shape index (κ3) is 2.37. The first kappa shape index (κ1) is 15.7. The van der Waals surface area contributed by atoms with Crippen LogP contribution in [0.4, 0.5) is 26.3 Å². The van der Waals surface area contributed by atoms with Crippen LogP contribution in [-0.2, 0) is 5.41 Å². The van der Waals surface area contributed by atoms with E-state index in [9.17, 15) is 31.4 Å². The van der Waals surface area contributed by atoms with Crippen molar-refractivity contribution in [2.45, 2.75) is 38.0 Å². The van der Waals surface area contributed by atoms with E-state index in [0.29, 0.717) is 6.07 Å². The second kappa shape index (κ2) is 4.61. The summed E-state index contributed by atoms with van der Waals surface area (Å²) in [7, 11) is 0. The molecule has 19 heavy (non-hydrogen) atoms. The van der Waals surface area contributed by atoms with Gasteiger partial charge >= 0.3 is 12.4 Å². The molecule has 7 heteroatoms. The number of aryl methyl sites for hydroxylation is 1. The van der Waals surface area contributed by atoms with Gasteiger partial charge in [0.25, 0.3) is 0 Å². The topological polar surface area (TPSA) is 20.2 Å². The number of aromatic hydroxyl groups is 1. The third-order valence-electron chi connectivity index (χ3n) is 3.19. The maximum atomic E-state index is 13.0. The van der Waals surface area contributed by atoms with Gasteiger partial charge in [-0.05, 0) is 30.5 Å². The molecule has 0 saturated heterocycles. The Morgan fingerprint density at radius 1 is 1.00 bits per heavy atom. The Kier molecular flexibility index (Phi) is 3.80. The van der Waals surface area contributed by atoms with Crippen LogP contribution in [0.2, 0.25) is 0 Å². The summed E-state index contributed by atoms with van der Waals surface area (Å²) < 4.78 is 78.0. The normalized spacial score (nSPS) is 13.7. The van der Waals surface area contributed by atoms with Crippen molar-refractivity contribution < 1.29 is 31.4 Å². The predicted octanol–water partition coefficient (Wildman–Crippen LogP) is 4.47. The second-order valence-corrected chi connectivity index (χ2v) is 4.26. The van der Waals surface area contributed by atoms with E-state index in [-0.39, 0.29) is 11.3 Å². The molecule has 0 unspecified atom stereocenters. The van der Waals surface area contributed by atoms with Crippen LogP contribution in [0.15, 0.2) is 18.2 Å². The molecule has 1 rings (SSSR count). The molecular formula is C12H12F6O. The van der Waals surface area contributed by atoms with Crippen LogP contribution in [-0.4, -0.2) is 17.5 Å². The number of phenolic OH excluding ortho intramolecular Hbond substituents is 1. The van der Waals surface area contributed by atoms with Gasteiger partial charge in [0, 0.05) is 0 Å². The molecule has 0 aromatic heterocycles. The van der Waals surface area contributed by atoms with E-state index in [1.165, 1.54) is 6.92 Å². The Labute approximate surface area is 105 Å². The Morgan fingerprint density at radius 2 is 1.47 bits per heavy atom. The molecule has 1 N–H and O–H groups in total. The number of hydrogen-bond acceptors (Lipinski definition) is 1. The fourth-order valence-electron chi connectivity index (χ4n) is 2.01. The fourth-order valence-corrected chi connectivity index (χ4v) is 2.01. The molecular weight excluding hydrogens is 274 g/mol. The van der Waals surface area contributed by atoms with Gasteiger partial charge < -0.3 is 5.11 Å². The lowest BCUT2D eigenvalue weighted by Gasteiger charge is -2.37. The standard InChI is InChI=1S/C12H12F6O/c1-3-10(11(13,14)15,12(16,17)18)8-4-5-9(19)7(2)6-8/h4-6,19H,3H2,1-2H3. The molecule has 0 atom stereocenters. The minimum Gasteiger partial charge on any atom is -0.508 e. The van der Waals surface area contributed by atoms with Crippen LogP contribution in [0.1, 0.15) is 24.5 Å². The monoisotopic (exact) mass is 286 g/mol. The van der Waals surface area contributed by atoms with Crippen LogP contribution >= 0.6 is 0 Å². The Bertz CT molecular complexity index is 446. The van der Waals surface area contributed by atoms with Crippen molar-refractivity contribution in [3.8, 4) is 5.75 Å². The summed E-state index contributed by atoms with van der Waals surface area (Å²) in [6, 6.07) is 2.22. The first-order valence-electron chi connectivity index (χ1n) is 5.41. The zero-order valence-corrected chi connectivity index (χ0v) is 10.2. The van der Waals surface area contributed by atoms with Crippen LogP contribution in [0.3, 0.4) is 0 Å². The molecule has 1 aromatic rings. The van der Waals surface area contributed by atoms with E-state index in [2.05, 4.69) is 0 Å². The fraction of sp³-hybridized carbons (Fsp3) is 0.500. The maximum Gasteiger partial charge on any atom is 0.407 e. The van der Waals surface area contributed by atoms with Gasteiger partial charge in [0.2, 0.25) is 0 Å². The molecule has 108 valence electrons. The number of benzene rings is 1. The molecule has 0 heterocycles. The Morgan fingerprint density at radius 3 is 1.79 bits per heavy atom. The highest BCUT2D eigenvalue weighted by atomic mass is 19.4. The van der Waals surface area contributed by atoms with Gasteiger partial charge in [0.15, 0.2) is 5.41 Å². The molecule has 0 bridgehead atoms. The molecule has 0 saturated carbocycles. The highest BCUT2D eigenvalue weighted by Crippen LogP contribution is 2.54. The van der Waals surface area contributed by atoms with Gasteiger partial charge in [-0.1, -0.05) is 19.1 Å². The SMILES string of the molecule is CCC(c1ccc(O)c(C)c1)(C(F)(F)F)C(F)(F)F. The molecule has 0 spiro atoms. The van der Waals surface area contributed by atoms with E-state index in [1.54, 1.807) is 0 Å². The lowest BCUT2D eigenvalue weighted by atomic mass is 9.76. The minimum absolute atomic E-state index is 0.0381. The second-order valence-electron chi connectivity index (χ2n) is 4.26. The largest absolute Gasteiger partial charge is 0.508 e. The summed E-state index contributed by atoms with van der Waals surface area (Å²) in [4.78, 5) is 0. The van der Waals surface area contributed by atoms with Crippen molar-refractivity contribution in [3.05, 3.63) is 29.3 Å². The number of halogens is 6. The van der Waals surface area contributed by atoms with Gasteiger partial charge in [-0.2, -0.15) is 26.3 Å². The number of hydrogen-bond donors (Lipinski definition) is 1. The zero-order valence-electron chi connectivity index (χ0n) is 10.2. The van der Waals surface area contributed by atoms with Gasteiger partial charge in [-0.3, -0.25) is 0 Å². The van der Waals surface area contributed by atoms with Crippen molar-refractivity contribution in [2.75, 3.05) is 0 Å². The quantitative estimate of drug-likeness (QED) is 0.795. The van der Waals surface area contributed by atoms with Crippen LogP contribution in [0.25, 0.3) is 0 Å². The summed E-state index contributed by atoms with van der Waals surface area (Å²) in [6.45, 7) is 2.08. The van der Waals surface area contributed by atoms with E-state index in [1.807, 2.05) is 0 Å². The smallest absolute Gasteiger partial charge is 0.407 e. The van der Waals surface area contributed by atoms with Crippen LogP contribution < -0.4 is 0 Å². The molecule has 0 aliphatic rings. The van der Waals surface area contributed by atoms with Crippen molar-refractivity contribution in [1.29, 1.82) is 0 Å². The number of alkyl halides is 6. The van der Waals surface area contributed by atoms with E-state index < -0.39 is 29.8 Å². The first-order valence-corrected chi connectivity index (χ1v) is 5.41. The van der Waals surface area contributed by atoms with E-state index in [0.717, 1.165) is 19.1 Å². The zero-order chi connectivity index (χ0) is 15.1. The Balaban J connectivity index is 3.61. The molecule has 0 amide bonds. The van der Waals surface area contributed by atoms with Gasteiger partial charge in [-0.15, -0.1) is 0 Å². The predicted molar refractivity (Wildman–Crippen MR) is 56.9 cm³/mol.